The number of anilines is 1. The number of hydrogen-bond acceptors (Lipinski definition) is 7. The number of sulfonamides is 1. The number of benzene rings is 2. The van der Waals surface area contributed by atoms with Crippen LogP contribution in [0.5, 0.6) is 11.5 Å². The van der Waals surface area contributed by atoms with E-state index in [1.54, 1.807) is 30.3 Å². The monoisotopic (exact) mass is 449 g/mol. The number of fused-ring (bicyclic) bond motifs is 3. The Morgan fingerprint density at radius 1 is 1.26 bits per heavy atom. The smallest absolute Gasteiger partial charge is 0.305 e. The number of rotatable bonds is 7. The molecule has 0 radical (unpaired) electrons. The van der Waals surface area contributed by atoms with E-state index in [-0.39, 0.29) is 23.8 Å². The van der Waals surface area contributed by atoms with E-state index in [4.69, 9.17) is 19.3 Å². The number of aliphatic hydroxyl groups excluding tert-OH is 1. The maximum atomic E-state index is 12.8. The van der Waals surface area contributed by atoms with E-state index in [9.17, 15) is 18.3 Å². The van der Waals surface area contributed by atoms with Crippen molar-refractivity contribution in [1.29, 1.82) is 0 Å². The van der Waals surface area contributed by atoms with Gasteiger partial charge in [-0.1, -0.05) is 6.07 Å². The van der Waals surface area contributed by atoms with Crippen LogP contribution >= 0.6 is 0 Å². The van der Waals surface area contributed by atoms with Crippen LogP contribution < -0.4 is 14.2 Å². The Balaban J connectivity index is 1.60. The SMILES string of the molecule is COc1cccc(S(=O)(=O)Nc2ccc3c(c2)[C@@H]2C[C@H](CC(=O)O)O[C@@H](CO)[C@@H]2O3)c1. The summed E-state index contributed by atoms with van der Waals surface area (Å²) in [5.41, 5.74) is 1.11. The summed E-state index contributed by atoms with van der Waals surface area (Å²) in [6.45, 7) is -0.305. The van der Waals surface area contributed by atoms with Gasteiger partial charge in [0, 0.05) is 23.2 Å². The molecule has 0 saturated carbocycles. The molecule has 2 aromatic carbocycles. The van der Waals surface area contributed by atoms with Crippen LogP contribution in [0.3, 0.4) is 0 Å². The summed E-state index contributed by atoms with van der Waals surface area (Å²) < 4.78 is 44.9. The number of methoxy groups -OCH3 is 1. The minimum absolute atomic E-state index is 0.0643. The average Bonchev–Trinajstić information content (AvgIpc) is 3.10. The Hall–Kier alpha value is -2.82. The molecule has 2 aliphatic rings. The summed E-state index contributed by atoms with van der Waals surface area (Å²) >= 11 is 0. The molecule has 2 aromatic rings. The van der Waals surface area contributed by atoms with Crippen molar-refractivity contribution in [2.24, 2.45) is 0 Å². The lowest BCUT2D eigenvalue weighted by molar-refractivity contribution is -0.153. The molecule has 1 fully saturated rings. The van der Waals surface area contributed by atoms with E-state index in [1.807, 2.05) is 0 Å². The highest BCUT2D eigenvalue weighted by atomic mass is 32.2. The second-order valence-electron chi connectivity index (χ2n) is 7.54. The van der Waals surface area contributed by atoms with Crippen LogP contribution in [0.15, 0.2) is 47.4 Å². The van der Waals surface area contributed by atoms with Crippen molar-refractivity contribution in [2.75, 3.05) is 18.4 Å². The molecule has 4 rings (SSSR count). The van der Waals surface area contributed by atoms with E-state index in [1.165, 1.54) is 19.2 Å². The summed E-state index contributed by atoms with van der Waals surface area (Å²) in [6, 6.07) is 11.1. The molecular formula is C21H23NO8S. The number of nitrogens with one attached hydrogen (secondary N) is 1. The number of hydrogen-bond donors (Lipinski definition) is 3. The molecule has 9 nitrogen and oxygen atoms in total. The van der Waals surface area contributed by atoms with Crippen molar-refractivity contribution in [1.82, 2.24) is 0 Å². The molecule has 0 amide bonds. The number of aliphatic hydroxyl groups is 1. The molecule has 0 aliphatic carbocycles. The van der Waals surface area contributed by atoms with Crippen LogP contribution in [-0.2, 0) is 19.6 Å². The predicted molar refractivity (Wildman–Crippen MR) is 110 cm³/mol. The van der Waals surface area contributed by atoms with Gasteiger partial charge in [0.1, 0.15) is 23.7 Å². The third-order valence-corrected chi connectivity index (χ3v) is 6.88. The van der Waals surface area contributed by atoms with Crippen LogP contribution in [-0.4, -0.2) is 56.6 Å². The molecule has 2 aliphatic heterocycles. The van der Waals surface area contributed by atoms with Crippen molar-refractivity contribution < 1.29 is 37.6 Å². The van der Waals surface area contributed by atoms with Crippen LogP contribution in [0.1, 0.15) is 24.3 Å². The maximum absolute atomic E-state index is 12.8. The highest BCUT2D eigenvalue weighted by Crippen LogP contribution is 2.47. The minimum Gasteiger partial charge on any atom is -0.497 e. The summed E-state index contributed by atoms with van der Waals surface area (Å²) in [6.07, 6.45) is -1.48. The fourth-order valence-corrected chi connectivity index (χ4v) is 5.21. The molecule has 0 unspecified atom stereocenters. The zero-order chi connectivity index (χ0) is 22.2. The highest BCUT2D eigenvalue weighted by molar-refractivity contribution is 7.92. The van der Waals surface area contributed by atoms with Gasteiger partial charge in [0.25, 0.3) is 10.0 Å². The molecule has 2 heterocycles. The van der Waals surface area contributed by atoms with Crippen molar-refractivity contribution in [3.05, 3.63) is 48.0 Å². The summed E-state index contributed by atoms with van der Waals surface area (Å²) in [5, 5.41) is 18.8. The van der Waals surface area contributed by atoms with Crippen molar-refractivity contribution in [3.8, 4) is 11.5 Å². The first-order chi connectivity index (χ1) is 14.8. The van der Waals surface area contributed by atoms with E-state index < -0.39 is 34.3 Å². The highest BCUT2D eigenvalue weighted by Gasteiger charge is 2.46. The second-order valence-corrected chi connectivity index (χ2v) is 9.22. The van der Waals surface area contributed by atoms with Gasteiger partial charge in [-0.05, 0) is 36.8 Å². The molecule has 166 valence electrons. The lowest BCUT2D eigenvalue weighted by Crippen LogP contribution is -2.46. The zero-order valence-corrected chi connectivity index (χ0v) is 17.5. The molecule has 1 saturated heterocycles. The van der Waals surface area contributed by atoms with Crippen LogP contribution in [0, 0.1) is 0 Å². The Morgan fingerprint density at radius 2 is 2.06 bits per heavy atom. The fraction of sp³-hybridized carbons (Fsp3) is 0.381. The Kier molecular flexibility index (Phi) is 5.78. The molecule has 10 heteroatoms. The lowest BCUT2D eigenvalue weighted by atomic mass is 9.84. The second kappa shape index (κ2) is 8.37. The summed E-state index contributed by atoms with van der Waals surface area (Å²) in [5.74, 6) is -0.210. The Bertz CT molecular complexity index is 1090. The van der Waals surface area contributed by atoms with Crippen molar-refractivity contribution in [2.45, 2.75) is 42.0 Å². The van der Waals surface area contributed by atoms with Gasteiger partial charge in [-0.25, -0.2) is 8.42 Å². The largest absolute Gasteiger partial charge is 0.497 e. The third kappa shape index (κ3) is 4.32. The molecule has 4 atom stereocenters. The Labute approximate surface area is 179 Å². The van der Waals surface area contributed by atoms with Crippen LogP contribution in [0.25, 0.3) is 0 Å². The average molecular weight is 449 g/mol. The van der Waals surface area contributed by atoms with Gasteiger partial charge in [0.05, 0.1) is 31.1 Å². The fourth-order valence-electron chi connectivity index (χ4n) is 4.13. The van der Waals surface area contributed by atoms with E-state index >= 15 is 0 Å². The summed E-state index contributed by atoms with van der Waals surface area (Å²) in [7, 11) is -2.39. The molecule has 0 bridgehead atoms. The van der Waals surface area contributed by atoms with Gasteiger partial charge in [-0.3, -0.25) is 9.52 Å². The number of carbonyl (C=O) groups is 1. The summed E-state index contributed by atoms with van der Waals surface area (Å²) in [4.78, 5) is 11.2. The van der Waals surface area contributed by atoms with Gasteiger partial charge in [0.15, 0.2) is 0 Å². The number of carboxylic acids is 1. The first-order valence-corrected chi connectivity index (χ1v) is 11.2. The molecule has 0 aromatic heterocycles. The third-order valence-electron chi connectivity index (χ3n) is 5.51. The molecule has 3 N–H and O–H groups in total. The number of carboxylic acid groups (broad SMARTS) is 1. The van der Waals surface area contributed by atoms with Gasteiger partial charge in [-0.2, -0.15) is 0 Å². The standard InChI is InChI=1S/C21H23NO8S/c1-28-13-3-2-4-15(8-13)31(26,27)22-12-5-6-18-16(7-12)17-9-14(10-20(24)25)29-19(11-23)21(17)30-18/h2-8,14,17,19,21-23H,9-11H2,1H3,(H,24,25)/t14-,17+,19+,21-/m1/s1. The first-order valence-electron chi connectivity index (χ1n) is 9.76. The van der Waals surface area contributed by atoms with Gasteiger partial charge in [0.2, 0.25) is 0 Å². The minimum atomic E-state index is -3.85. The van der Waals surface area contributed by atoms with Crippen molar-refractivity contribution in [3.63, 3.8) is 0 Å². The van der Waals surface area contributed by atoms with Crippen LogP contribution in [0.4, 0.5) is 5.69 Å². The van der Waals surface area contributed by atoms with Crippen molar-refractivity contribution >= 4 is 21.7 Å². The zero-order valence-electron chi connectivity index (χ0n) is 16.7. The van der Waals surface area contributed by atoms with Gasteiger partial charge in [-0.15, -0.1) is 0 Å². The van der Waals surface area contributed by atoms with E-state index in [2.05, 4.69) is 4.72 Å². The topological polar surface area (TPSA) is 131 Å². The number of ether oxygens (including phenoxy) is 3. The van der Waals surface area contributed by atoms with E-state index in [0.29, 0.717) is 23.6 Å². The maximum Gasteiger partial charge on any atom is 0.305 e. The predicted octanol–water partition coefficient (Wildman–Crippen LogP) is 1.97. The van der Waals surface area contributed by atoms with E-state index in [0.717, 1.165) is 5.56 Å². The Morgan fingerprint density at radius 3 is 2.77 bits per heavy atom. The molecule has 0 spiro atoms. The normalized spacial score (nSPS) is 24.6. The van der Waals surface area contributed by atoms with Crippen LogP contribution in [0.2, 0.25) is 0 Å². The quantitative estimate of drug-likeness (QED) is 0.585. The van der Waals surface area contributed by atoms with Gasteiger partial charge < -0.3 is 24.4 Å². The molecule has 31 heavy (non-hydrogen) atoms. The van der Waals surface area contributed by atoms with Gasteiger partial charge >= 0.3 is 5.97 Å². The number of aliphatic carboxylic acids is 1. The lowest BCUT2D eigenvalue weighted by Gasteiger charge is -2.36. The first kappa shape index (κ1) is 21.4. The molecular weight excluding hydrogens is 426 g/mol.